The lowest BCUT2D eigenvalue weighted by Gasteiger charge is -2.28. The molecular weight excluding hydrogens is 473 g/mol. The van der Waals surface area contributed by atoms with Crippen LogP contribution in [-0.2, 0) is 14.6 Å². The van der Waals surface area contributed by atoms with E-state index in [1.165, 1.54) is 30.3 Å². The Hall–Kier alpha value is -3.34. The molecule has 0 spiro atoms. The number of pyridine rings is 1. The van der Waals surface area contributed by atoms with Gasteiger partial charge in [0.1, 0.15) is 11.3 Å². The van der Waals surface area contributed by atoms with E-state index < -0.39 is 21.6 Å². The number of nitrogens with zero attached hydrogens (tertiary/aromatic N) is 2. The number of hydrogen-bond acceptors (Lipinski definition) is 6. The molecule has 4 rings (SSSR count). The first kappa shape index (κ1) is 24.8. The number of aromatic nitrogens is 3. The third kappa shape index (κ3) is 5.67. The van der Waals surface area contributed by atoms with E-state index in [0.29, 0.717) is 42.4 Å². The van der Waals surface area contributed by atoms with Crippen molar-refractivity contribution in [2.24, 2.45) is 5.92 Å². The number of carbonyl (C=O) groups is 2. The number of amides is 2. The highest BCUT2D eigenvalue weighted by Gasteiger charge is 2.30. The number of carbonyl (C=O) groups excluding carboxylic acids is 2. The number of imidazole rings is 1. The highest BCUT2D eigenvalue weighted by Crippen LogP contribution is 2.38. The minimum Gasteiger partial charge on any atom is -0.354 e. The Labute approximate surface area is 202 Å². The molecular formula is C24H28FN5O4S. The van der Waals surface area contributed by atoms with Gasteiger partial charge in [-0.25, -0.2) is 22.8 Å². The van der Waals surface area contributed by atoms with Gasteiger partial charge < -0.3 is 10.3 Å². The third-order valence-electron chi connectivity index (χ3n) is 6.11. The zero-order valence-electron chi connectivity index (χ0n) is 19.8. The summed E-state index contributed by atoms with van der Waals surface area (Å²) in [5.41, 5.74) is 1.69. The van der Waals surface area contributed by atoms with Gasteiger partial charge in [-0.15, -0.1) is 0 Å². The number of nitrogens with one attached hydrogen (secondary N) is 3. The summed E-state index contributed by atoms with van der Waals surface area (Å²) >= 11 is 0. The maximum Gasteiger partial charge on any atom is 0.257 e. The van der Waals surface area contributed by atoms with Crippen molar-refractivity contribution in [1.29, 1.82) is 0 Å². The molecule has 0 radical (unpaired) electrons. The smallest absolute Gasteiger partial charge is 0.257 e. The van der Waals surface area contributed by atoms with Crippen LogP contribution in [0.3, 0.4) is 0 Å². The molecule has 2 heterocycles. The predicted octanol–water partition coefficient (Wildman–Crippen LogP) is 3.55. The van der Waals surface area contributed by atoms with Crippen LogP contribution in [-0.4, -0.2) is 47.5 Å². The summed E-state index contributed by atoms with van der Waals surface area (Å²) in [5.74, 6) is -0.942. The highest BCUT2D eigenvalue weighted by molar-refractivity contribution is 7.90. The molecule has 0 saturated heterocycles. The summed E-state index contributed by atoms with van der Waals surface area (Å²) in [7, 11) is -3.60. The highest BCUT2D eigenvalue weighted by atomic mass is 32.2. The summed E-state index contributed by atoms with van der Waals surface area (Å²) in [4.78, 5) is 36.9. The van der Waals surface area contributed by atoms with E-state index in [1.807, 2.05) is 13.8 Å². The molecule has 2 aromatic heterocycles. The number of anilines is 1. The van der Waals surface area contributed by atoms with Crippen molar-refractivity contribution in [3.63, 3.8) is 0 Å². The standard InChI is InChI=1S/C24H28FN5O4S/c1-13(2)26-22(31)15-6-4-14(5-7-15)20-21-18(12-19(28-20)35(3,33)34)27-24(29-21)30-23(32)16-8-10-17(25)11-9-16/h8-15H,4-7H2,1-3H3,(H,26,31)(H2,27,29,30,32). The molecule has 0 atom stereocenters. The quantitative estimate of drug-likeness (QED) is 0.473. The summed E-state index contributed by atoms with van der Waals surface area (Å²) in [6.07, 6.45) is 3.74. The molecule has 1 aromatic carbocycles. The second-order valence-electron chi connectivity index (χ2n) is 9.27. The van der Waals surface area contributed by atoms with E-state index in [-0.39, 0.29) is 40.3 Å². The van der Waals surface area contributed by atoms with Crippen molar-refractivity contribution in [2.75, 3.05) is 11.6 Å². The van der Waals surface area contributed by atoms with Crippen LogP contribution in [0.2, 0.25) is 0 Å². The molecule has 3 aromatic rings. The molecule has 2 amide bonds. The molecule has 1 aliphatic carbocycles. The SMILES string of the molecule is CC(C)NC(=O)C1CCC(c2nc(S(C)(=O)=O)cc3[nH]c(NC(=O)c4ccc(F)cc4)nc23)CC1. The van der Waals surface area contributed by atoms with Gasteiger partial charge in [0.2, 0.25) is 11.9 Å². The number of halogens is 1. The Morgan fingerprint density at radius 3 is 2.34 bits per heavy atom. The molecule has 1 saturated carbocycles. The maximum absolute atomic E-state index is 13.2. The van der Waals surface area contributed by atoms with Crippen molar-refractivity contribution in [1.82, 2.24) is 20.3 Å². The molecule has 0 aliphatic heterocycles. The average Bonchev–Trinajstić information content (AvgIpc) is 3.20. The van der Waals surface area contributed by atoms with Gasteiger partial charge in [0.15, 0.2) is 14.9 Å². The van der Waals surface area contributed by atoms with E-state index in [1.54, 1.807) is 0 Å². The third-order valence-corrected chi connectivity index (χ3v) is 7.08. The summed E-state index contributed by atoms with van der Waals surface area (Å²) in [6.45, 7) is 3.84. The lowest BCUT2D eigenvalue weighted by atomic mass is 9.79. The summed E-state index contributed by atoms with van der Waals surface area (Å²) in [6, 6.07) is 6.56. The molecule has 11 heteroatoms. The molecule has 1 aliphatic rings. The normalized spacial score (nSPS) is 18.5. The van der Waals surface area contributed by atoms with Gasteiger partial charge in [-0.05, 0) is 63.8 Å². The predicted molar refractivity (Wildman–Crippen MR) is 129 cm³/mol. The Balaban J connectivity index is 1.62. The van der Waals surface area contributed by atoms with Crippen molar-refractivity contribution in [3.8, 4) is 0 Å². The van der Waals surface area contributed by atoms with Crippen LogP contribution < -0.4 is 10.6 Å². The molecule has 35 heavy (non-hydrogen) atoms. The minimum absolute atomic E-state index is 0.0343. The van der Waals surface area contributed by atoms with Crippen LogP contribution >= 0.6 is 0 Å². The van der Waals surface area contributed by atoms with Crippen molar-refractivity contribution in [3.05, 3.63) is 47.4 Å². The number of hydrogen-bond donors (Lipinski definition) is 3. The van der Waals surface area contributed by atoms with Crippen LogP contribution in [0.4, 0.5) is 10.3 Å². The van der Waals surface area contributed by atoms with E-state index in [9.17, 15) is 22.4 Å². The molecule has 186 valence electrons. The lowest BCUT2D eigenvalue weighted by molar-refractivity contribution is -0.126. The fourth-order valence-electron chi connectivity index (χ4n) is 4.36. The number of benzene rings is 1. The average molecular weight is 502 g/mol. The van der Waals surface area contributed by atoms with Crippen LogP contribution in [0.5, 0.6) is 0 Å². The number of sulfone groups is 1. The Morgan fingerprint density at radius 1 is 1.09 bits per heavy atom. The molecule has 9 nitrogen and oxygen atoms in total. The fourth-order valence-corrected chi connectivity index (χ4v) is 4.96. The van der Waals surface area contributed by atoms with Crippen LogP contribution in [0, 0.1) is 11.7 Å². The molecule has 1 fully saturated rings. The maximum atomic E-state index is 13.2. The van der Waals surface area contributed by atoms with Gasteiger partial charge in [0, 0.05) is 35.8 Å². The van der Waals surface area contributed by atoms with Crippen LogP contribution in [0.1, 0.15) is 61.5 Å². The number of rotatable bonds is 6. The van der Waals surface area contributed by atoms with E-state index in [4.69, 9.17) is 0 Å². The summed E-state index contributed by atoms with van der Waals surface area (Å²) < 4.78 is 37.8. The zero-order chi connectivity index (χ0) is 25.3. The first-order chi connectivity index (χ1) is 16.5. The van der Waals surface area contributed by atoms with Gasteiger partial charge >= 0.3 is 0 Å². The van der Waals surface area contributed by atoms with Gasteiger partial charge in [0.05, 0.1) is 11.2 Å². The van der Waals surface area contributed by atoms with Crippen molar-refractivity contribution in [2.45, 2.75) is 56.5 Å². The van der Waals surface area contributed by atoms with Gasteiger partial charge in [-0.2, -0.15) is 0 Å². The van der Waals surface area contributed by atoms with Crippen LogP contribution in [0.25, 0.3) is 11.0 Å². The topological polar surface area (TPSA) is 134 Å². The Bertz CT molecular complexity index is 1360. The van der Waals surface area contributed by atoms with Gasteiger partial charge in [0.25, 0.3) is 5.91 Å². The largest absolute Gasteiger partial charge is 0.354 e. The molecule has 0 bridgehead atoms. The van der Waals surface area contributed by atoms with E-state index in [0.717, 1.165) is 6.26 Å². The molecule has 0 unspecified atom stereocenters. The van der Waals surface area contributed by atoms with Gasteiger partial charge in [-0.3, -0.25) is 14.9 Å². The summed E-state index contributed by atoms with van der Waals surface area (Å²) in [5, 5.41) is 5.51. The molecule has 3 N–H and O–H groups in total. The fraction of sp³-hybridized carbons (Fsp3) is 0.417. The number of fused-ring (bicyclic) bond motifs is 1. The van der Waals surface area contributed by atoms with E-state index >= 15 is 0 Å². The minimum atomic E-state index is -3.60. The Kier molecular flexibility index (Phi) is 6.88. The van der Waals surface area contributed by atoms with Crippen molar-refractivity contribution >= 4 is 38.6 Å². The van der Waals surface area contributed by atoms with Crippen LogP contribution in [0.15, 0.2) is 35.4 Å². The first-order valence-corrected chi connectivity index (χ1v) is 13.4. The second-order valence-corrected chi connectivity index (χ2v) is 11.2. The number of H-pyrrole nitrogens is 1. The zero-order valence-corrected chi connectivity index (χ0v) is 20.6. The second kappa shape index (κ2) is 9.73. The number of aromatic amines is 1. The van der Waals surface area contributed by atoms with Crippen molar-refractivity contribution < 1.29 is 22.4 Å². The Morgan fingerprint density at radius 2 is 1.74 bits per heavy atom. The monoisotopic (exact) mass is 501 g/mol. The first-order valence-electron chi connectivity index (χ1n) is 11.5. The van der Waals surface area contributed by atoms with Gasteiger partial charge in [-0.1, -0.05) is 0 Å². The van der Waals surface area contributed by atoms with E-state index in [2.05, 4.69) is 25.6 Å². The lowest BCUT2D eigenvalue weighted by Crippen LogP contribution is -2.37.